The van der Waals surface area contributed by atoms with Crippen molar-refractivity contribution in [1.29, 1.82) is 0 Å². The predicted molar refractivity (Wildman–Crippen MR) is 117 cm³/mol. The Balaban J connectivity index is 1.56. The highest BCUT2D eigenvalue weighted by Crippen LogP contribution is 2.18. The third kappa shape index (κ3) is 5.69. The lowest BCUT2D eigenvalue weighted by molar-refractivity contribution is -0.144. The number of Topliss-reactive ketones (excluding diaryl/α,β-unsaturated/α-hetero) is 2. The molecular weight excluding hydrogens is 394 g/mol. The van der Waals surface area contributed by atoms with E-state index in [1.807, 2.05) is 50.2 Å². The molecule has 0 aliphatic heterocycles. The molecule has 1 aromatic heterocycles. The second kappa shape index (κ2) is 9.89. The molecular formula is C25H25NO5. The van der Waals surface area contributed by atoms with E-state index in [2.05, 4.69) is 4.57 Å². The molecule has 160 valence electrons. The van der Waals surface area contributed by atoms with Crippen molar-refractivity contribution in [3.05, 3.63) is 88.7 Å². The maximum atomic E-state index is 12.6. The summed E-state index contributed by atoms with van der Waals surface area (Å²) in [6.07, 6.45) is 0. The lowest BCUT2D eigenvalue weighted by atomic mass is 10.1. The minimum absolute atomic E-state index is 0.0940. The summed E-state index contributed by atoms with van der Waals surface area (Å²) in [4.78, 5) is 36.0. The minimum Gasteiger partial charge on any atom is -0.482 e. The zero-order valence-electron chi connectivity index (χ0n) is 17.9. The highest BCUT2D eigenvalue weighted by Gasteiger charge is 2.18. The number of nitrogens with zero attached hydrogens (tertiary/aromatic N) is 1. The number of rotatable bonds is 9. The van der Waals surface area contributed by atoms with Crippen LogP contribution in [0, 0.1) is 13.8 Å². The van der Waals surface area contributed by atoms with Crippen LogP contribution in [0.2, 0.25) is 0 Å². The Labute approximate surface area is 181 Å². The molecule has 0 radical (unpaired) electrons. The molecule has 3 rings (SSSR count). The second-order valence-electron chi connectivity index (χ2n) is 7.31. The fourth-order valence-corrected chi connectivity index (χ4v) is 3.31. The molecule has 0 saturated heterocycles. The molecule has 0 bridgehead atoms. The van der Waals surface area contributed by atoms with Gasteiger partial charge in [0.05, 0.1) is 0 Å². The number of carbonyl (C=O) groups is 3. The maximum Gasteiger partial charge on any atom is 0.344 e. The van der Waals surface area contributed by atoms with Gasteiger partial charge in [-0.25, -0.2) is 4.79 Å². The molecule has 0 spiro atoms. The quantitative estimate of drug-likeness (QED) is 0.385. The molecule has 6 heteroatoms. The summed E-state index contributed by atoms with van der Waals surface area (Å²) in [7, 11) is 0. The van der Waals surface area contributed by atoms with Gasteiger partial charge in [0.1, 0.15) is 5.75 Å². The molecule has 0 amide bonds. The Morgan fingerprint density at radius 1 is 0.903 bits per heavy atom. The highest BCUT2D eigenvalue weighted by molar-refractivity contribution is 5.99. The van der Waals surface area contributed by atoms with Gasteiger partial charge in [-0.2, -0.15) is 0 Å². The van der Waals surface area contributed by atoms with Gasteiger partial charge in [0, 0.05) is 29.1 Å². The molecule has 2 aromatic carbocycles. The molecule has 0 saturated carbocycles. The largest absolute Gasteiger partial charge is 0.482 e. The topological polar surface area (TPSA) is 74.6 Å². The molecule has 0 aliphatic rings. The summed E-state index contributed by atoms with van der Waals surface area (Å²) in [5.41, 5.74) is 3.97. The summed E-state index contributed by atoms with van der Waals surface area (Å²) >= 11 is 0. The highest BCUT2D eigenvalue weighted by atomic mass is 16.6. The number of aryl methyl sites for hydroxylation is 1. The molecule has 0 unspecified atom stereocenters. The van der Waals surface area contributed by atoms with Crippen molar-refractivity contribution >= 4 is 17.5 Å². The van der Waals surface area contributed by atoms with Crippen molar-refractivity contribution in [3.8, 4) is 5.75 Å². The predicted octanol–water partition coefficient (Wildman–Crippen LogP) is 4.16. The first-order valence-electron chi connectivity index (χ1n) is 9.98. The number of esters is 1. The number of benzene rings is 2. The smallest absolute Gasteiger partial charge is 0.344 e. The van der Waals surface area contributed by atoms with Crippen LogP contribution in [0.1, 0.15) is 44.6 Å². The van der Waals surface area contributed by atoms with Gasteiger partial charge in [0.25, 0.3) is 0 Å². The lowest BCUT2D eigenvalue weighted by Gasteiger charge is -2.10. The van der Waals surface area contributed by atoms with E-state index >= 15 is 0 Å². The monoisotopic (exact) mass is 419 g/mol. The van der Waals surface area contributed by atoms with Gasteiger partial charge in [-0.05, 0) is 44.5 Å². The average molecular weight is 419 g/mol. The third-order valence-corrected chi connectivity index (χ3v) is 5.02. The van der Waals surface area contributed by atoms with Crippen molar-refractivity contribution in [2.75, 3.05) is 13.2 Å². The summed E-state index contributed by atoms with van der Waals surface area (Å²) in [6.45, 7) is 5.25. The van der Waals surface area contributed by atoms with E-state index in [0.29, 0.717) is 23.4 Å². The van der Waals surface area contributed by atoms with Crippen LogP contribution in [0.3, 0.4) is 0 Å². The Kier molecular flexibility index (Phi) is 7.03. The van der Waals surface area contributed by atoms with Crippen LogP contribution >= 0.6 is 0 Å². The van der Waals surface area contributed by atoms with Crippen molar-refractivity contribution in [2.45, 2.75) is 27.3 Å². The first-order valence-corrected chi connectivity index (χ1v) is 9.98. The average Bonchev–Trinajstić information content (AvgIpc) is 3.05. The van der Waals surface area contributed by atoms with Gasteiger partial charge >= 0.3 is 5.97 Å². The molecule has 3 aromatic rings. The van der Waals surface area contributed by atoms with Crippen LogP contribution in [0.15, 0.2) is 60.7 Å². The van der Waals surface area contributed by atoms with E-state index in [1.54, 1.807) is 24.3 Å². The third-order valence-electron chi connectivity index (χ3n) is 5.02. The Morgan fingerprint density at radius 2 is 1.65 bits per heavy atom. The molecule has 6 nitrogen and oxygen atoms in total. The van der Waals surface area contributed by atoms with E-state index in [9.17, 15) is 14.4 Å². The summed E-state index contributed by atoms with van der Waals surface area (Å²) in [6, 6.07) is 18.4. The zero-order valence-corrected chi connectivity index (χ0v) is 17.9. The van der Waals surface area contributed by atoms with Crippen molar-refractivity contribution in [2.24, 2.45) is 0 Å². The molecule has 1 heterocycles. The normalized spacial score (nSPS) is 10.5. The first kappa shape index (κ1) is 22.0. The Hall–Kier alpha value is -3.67. The fourth-order valence-electron chi connectivity index (χ4n) is 3.31. The van der Waals surface area contributed by atoms with Crippen LogP contribution in [0.5, 0.6) is 5.75 Å². The van der Waals surface area contributed by atoms with E-state index in [1.165, 1.54) is 6.92 Å². The van der Waals surface area contributed by atoms with Gasteiger partial charge in [0.2, 0.25) is 5.78 Å². The molecule has 31 heavy (non-hydrogen) atoms. The van der Waals surface area contributed by atoms with Crippen LogP contribution in [0.25, 0.3) is 0 Å². The molecule has 0 N–H and O–H groups in total. The lowest BCUT2D eigenvalue weighted by Crippen LogP contribution is -2.20. The van der Waals surface area contributed by atoms with E-state index in [0.717, 1.165) is 17.0 Å². The van der Waals surface area contributed by atoms with Gasteiger partial charge in [-0.1, -0.05) is 42.5 Å². The van der Waals surface area contributed by atoms with Crippen molar-refractivity contribution < 1.29 is 23.9 Å². The van der Waals surface area contributed by atoms with E-state index in [-0.39, 0.29) is 24.8 Å². The van der Waals surface area contributed by atoms with Crippen LogP contribution in [0.4, 0.5) is 0 Å². The number of carbonyl (C=O) groups excluding carboxylic acids is 3. The van der Waals surface area contributed by atoms with E-state index in [4.69, 9.17) is 9.47 Å². The number of ether oxygens (including phenoxy) is 2. The number of ketones is 2. The minimum atomic E-state index is -0.653. The van der Waals surface area contributed by atoms with Crippen molar-refractivity contribution in [1.82, 2.24) is 4.57 Å². The van der Waals surface area contributed by atoms with Crippen LogP contribution in [-0.4, -0.2) is 35.3 Å². The summed E-state index contributed by atoms with van der Waals surface area (Å²) in [5.74, 6) is -0.622. The molecule has 0 aliphatic carbocycles. The van der Waals surface area contributed by atoms with Gasteiger partial charge in [-0.3, -0.25) is 9.59 Å². The van der Waals surface area contributed by atoms with Gasteiger partial charge < -0.3 is 14.0 Å². The van der Waals surface area contributed by atoms with E-state index < -0.39 is 5.97 Å². The van der Waals surface area contributed by atoms with Gasteiger partial charge in [0.15, 0.2) is 19.0 Å². The molecule has 0 fully saturated rings. The number of aromatic nitrogens is 1. The SMILES string of the molecule is CC(=O)c1cccc(OCC(=O)OCC(=O)c2cc(C)n(Cc3ccccc3)c2C)c1. The molecule has 0 atom stereocenters. The number of hydrogen-bond donors (Lipinski definition) is 0. The Morgan fingerprint density at radius 3 is 2.35 bits per heavy atom. The number of hydrogen-bond acceptors (Lipinski definition) is 5. The zero-order chi connectivity index (χ0) is 22.4. The fraction of sp³-hybridized carbons (Fsp3) is 0.240. The van der Waals surface area contributed by atoms with Crippen molar-refractivity contribution in [3.63, 3.8) is 0 Å². The second-order valence-corrected chi connectivity index (χ2v) is 7.31. The maximum absolute atomic E-state index is 12.6. The Bertz CT molecular complexity index is 1100. The van der Waals surface area contributed by atoms with Gasteiger partial charge in [-0.15, -0.1) is 0 Å². The van der Waals surface area contributed by atoms with Crippen LogP contribution in [-0.2, 0) is 16.1 Å². The summed E-state index contributed by atoms with van der Waals surface area (Å²) < 4.78 is 12.5. The van der Waals surface area contributed by atoms with Crippen LogP contribution < -0.4 is 4.74 Å². The summed E-state index contributed by atoms with van der Waals surface area (Å²) in [5, 5.41) is 0. The first-order chi connectivity index (χ1) is 14.8. The standard InChI is InChI=1S/C25H25NO5/c1-17-12-23(18(2)26(17)14-20-8-5-4-6-9-20)24(28)15-31-25(29)16-30-22-11-7-10-21(13-22)19(3)27/h4-13H,14-16H2,1-3H3.